The zero-order chi connectivity index (χ0) is 22.8. The van der Waals surface area contributed by atoms with Gasteiger partial charge < -0.3 is 15.5 Å². The molecule has 0 radical (unpaired) electrons. The molecule has 0 unspecified atom stereocenters. The van der Waals surface area contributed by atoms with Gasteiger partial charge in [-0.15, -0.1) is 0 Å². The van der Waals surface area contributed by atoms with E-state index in [9.17, 15) is 13.6 Å². The molecule has 2 aromatic heterocycles. The number of rotatable bonds is 6. The molecule has 0 spiro atoms. The molecule has 1 aliphatic rings. The summed E-state index contributed by atoms with van der Waals surface area (Å²) >= 11 is 0. The number of aryl methyl sites for hydroxylation is 1. The van der Waals surface area contributed by atoms with Gasteiger partial charge in [0.2, 0.25) is 5.91 Å². The van der Waals surface area contributed by atoms with Crippen LogP contribution in [0.2, 0.25) is 0 Å². The van der Waals surface area contributed by atoms with Gasteiger partial charge in [-0.05, 0) is 31.9 Å². The quantitative estimate of drug-likeness (QED) is 0.599. The fourth-order valence-corrected chi connectivity index (χ4v) is 4.18. The Morgan fingerprint density at radius 3 is 2.69 bits per heavy atom. The number of hydrogen-bond acceptors (Lipinski definition) is 6. The monoisotopic (exact) mass is 440 g/mol. The summed E-state index contributed by atoms with van der Waals surface area (Å²) in [5, 5.41) is 7.02. The number of anilines is 2. The number of carbonyl (C=O) groups is 1. The number of hydrogen-bond donors (Lipinski definition) is 2. The maximum absolute atomic E-state index is 13.5. The standard InChI is InChI=1S/C23H26F2N6O/c1-13(17-6-4-5-7-18(17)22(24)25)27-23-19-10-21(26-11-20(19)28-14(2)29-23)31-9-8-16(12-31)30-15(3)32/h4-7,10-11,13,16,22H,8-9,12H2,1-3H3,(H,30,32)(H,27,28,29)/t13-,16-/m1/s1. The topological polar surface area (TPSA) is 83.0 Å². The number of alkyl halides is 2. The molecule has 0 saturated carbocycles. The molecule has 1 aromatic carbocycles. The van der Waals surface area contributed by atoms with Crippen LogP contribution < -0.4 is 15.5 Å². The van der Waals surface area contributed by atoms with E-state index < -0.39 is 6.43 Å². The van der Waals surface area contributed by atoms with Crippen molar-refractivity contribution in [1.29, 1.82) is 0 Å². The summed E-state index contributed by atoms with van der Waals surface area (Å²) in [6, 6.07) is 8.14. The largest absolute Gasteiger partial charge is 0.363 e. The Morgan fingerprint density at radius 2 is 1.97 bits per heavy atom. The minimum absolute atomic E-state index is 0.00557. The third-order valence-corrected chi connectivity index (χ3v) is 5.65. The highest BCUT2D eigenvalue weighted by Gasteiger charge is 2.25. The van der Waals surface area contributed by atoms with Gasteiger partial charge in [-0.2, -0.15) is 0 Å². The Kier molecular flexibility index (Phi) is 6.16. The van der Waals surface area contributed by atoms with E-state index in [-0.39, 0.29) is 23.6 Å². The van der Waals surface area contributed by atoms with E-state index in [1.165, 1.54) is 13.0 Å². The fourth-order valence-electron chi connectivity index (χ4n) is 4.18. The Morgan fingerprint density at radius 1 is 1.22 bits per heavy atom. The second-order valence-corrected chi connectivity index (χ2v) is 8.11. The molecule has 0 bridgehead atoms. The lowest BCUT2D eigenvalue weighted by Gasteiger charge is -2.21. The average molecular weight is 440 g/mol. The van der Waals surface area contributed by atoms with E-state index in [4.69, 9.17) is 0 Å². The molecule has 1 saturated heterocycles. The molecule has 9 heteroatoms. The maximum atomic E-state index is 13.5. The molecule has 1 aliphatic heterocycles. The Balaban J connectivity index is 1.65. The molecule has 168 valence electrons. The van der Waals surface area contributed by atoms with E-state index >= 15 is 0 Å². The first kappa shape index (κ1) is 21.9. The lowest BCUT2D eigenvalue weighted by Crippen LogP contribution is -2.35. The first-order valence-corrected chi connectivity index (χ1v) is 10.6. The van der Waals surface area contributed by atoms with E-state index in [0.29, 0.717) is 29.3 Å². The lowest BCUT2D eigenvalue weighted by molar-refractivity contribution is -0.119. The molecule has 32 heavy (non-hydrogen) atoms. The Labute approximate surface area is 185 Å². The fraction of sp³-hybridized carbons (Fsp3) is 0.391. The molecule has 2 N–H and O–H groups in total. The van der Waals surface area contributed by atoms with Crippen molar-refractivity contribution in [2.45, 2.75) is 45.7 Å². The van der Waals surface area contributed by atoms with Crippen molar-refractivity contribution in [2.24, 2.45) is 0 Å². The summed E-state index contributed by atoms with van der Waals surface area (Å²) < 4.78 is 27.0. The normalized spacial score (nSPS) is 17.1. The molecule has 3 aromatic rings. The Hall–Kier alpha value is -3.36. The van der Waals surface area contributed by atoms with Crippen LogP contribution in [0.15, 0.2) is 36.5 Å². The molecule has 3 heterocycles. The number of carbonyl (C=O) groups excluding carboxylic acids is 1. The number of benzene rings is 1. The van der Waals surface area contributed by atoms with E-state index in [0.717, 1.165) is 24.2 Å². The molecule has 4 rings (SSSR count). The molecular formula is C23H26F2N6O. The van der Waals surface area contributed by atoms with Gasteiger partial charge in [-0.3, -0.25) is 4.79 Å². The van der Waals surface area contributed by atoms with Gasteiger partial charge in [-0.1, -0.05) is 24.3 Å². The maximum Gasteiger partial charge on any atom is 0.264 e. The highest BCUT2D eigenvalue weighted by Crippen LogP contribution is 2.32. The van der Waals surface area contributed by atoms with E-state index in [1.807, 2.05) is 13.0 Å². The van der Waals surface area contributed by atoms with Gasteiger partial charge in [0, 0.05) is 37.0 Å². The molecule has 1 amide bonds. The van der Waals surface area contributed by atoms with Crippen molar-refractivity contribution in [2.75, 3.05) is 23.3 Å². The SMILES string of the molecule is CC(=O)N[C@@H]1CCN(c2cc3c(N[C@H](C)c4ccccc4C(F)F)nc(C)nc3cn2)C1. The van der Waals surface area contributed by atoms with Gasteiger partial charge in [0.05, 0.1) is 17.8 Å². The van der Waals surface area contributed by atoms with Crippen LogP contribution in [-0.4, -0.2) is 40.0 Å². The predicted octanol–water partition coefficient (Wildman–Crippen LogP) is 4.16. The summed E-state index contributed by atoms with van der Waals surface area (Å²) in [7, 11) is 0. The number of aromatic nitrogens is 3. The number of pyridine rings is 1. The molecule has 7 nitrogen and oxygen atoms in total. The van der Waals surface area contributed by atoms with Crippen molar-refractivity contribution in [3.63, 3.8) is 0 Å². The highest BCUT2D eigenvalue weighted by molar-refractivity contribution is 5.90. The Bertz CT molecular complexity index is 1140. The summed E-state index contributed by atoms with van der Waals surface area (Å²) in [6.07, 6.45) is -0.00793. The summed E-state index contributed by atoms with van der Waals surface area (Å²) in [5.41, 5.74) is 1.21. The predicted molar refractivity (Wildman–Crippen MR) is 120 cm³/mol. The number of amides is 1. The van der Waals surface area contributed by atoms with Crippen molar-refractivity contribution >= 4 is 28.4 Å². The molecule has 0 aliphatic carbocycles. The van der Waals surface area contributed by atoms with Gasteiger partial charge in [0.1, 0.15) is 17.5 Å². The number of nitrogens with one attached hydrogen (secondary N) is 2. The summed E-state index contributed by atoms with van der Waals surface area (Å²) in [4.78, 5) is 27.1. The van der Waals surface area contributed by atoms with Gasteiger partial charge >= 0.3 is 0 Å². The number of halogens is 2. The van der Waals surface area contributed by atoms with Crippen LogP contribution in [-0.2, 0) is 4.79 Å². The second kappa shape index (κ2) is 9.02. The zero-order valence-corrected chi connectivity index (χ0v) is 18.3. The van der Waals surface area contributed by atoms with Crippen molar-refractivity contribution in [1.82, 2.24) is 20.3 Å². The van der Waals surface area contributed by atoms with Crippen molar-refractivity contribution in [3.05, 3.63) is 53.5 Å². The number of nitrogens with zero attached hydrogens (tertiary/aromatic N) is 4. The van der Waals surface area contributed by atoms with Gasteiger partial charge in [0.25, 0.3) is 6.43 Å². The minimum atomic E-state index is -2.55. The third kappa shape index (κ3) is 4.61. The van der Waals surface area contributed by atoms with Crippen LogP contribution >= 0.6 is 0 Å². The third-order valence-electron chi connectivity index (χ3n) is 5.65. The van der Waals surface area contributed by atoms with Gasteiger partial charge in [-0.25, -0.2) is 23.7 Å². The molecule has 2 atom stereocenters. The van der Waals surface area contributed by atoms with E-state index in [1.54, 1.807) is 31.3 Å². The highest BCUT2D eigenvalue weighted by atomic mass is 19.3. The average Bonchev–Trinajstić information content (AvgIpc) is 3.21. The van der Waals surface area contributed by atoms with Crippen LogP contribution in [0.1, 0.15) is 49.7 Å². The lowest BCUT2D eigenvalue weighted by atomic mass is 10.0. The molecular weight excluding hydrogens is 414 g/mol. The number of fused-ring (bicyclic) bond motifs is 1. The first-order chi connectivity index (χ1) is 15.3. The van der Waals surface area contributed by atoms with Crippen LogP contribution in [0.3, 0.4) is 0 Å². The first-order valence-electron chi connectivity index (χ1n) is 10.6. The van der Waals surface area contributed by atoms with Crippen molar-refractivity contribution < 1.29 is 13.6 Å². The molecule has 1 fully saturated rings. The van der Waals surface area contributed by atoms with Crippen LogP contribution in [0, 0.1) is 6.92 Å². The minimum Gasteiger partial charge on any atom is -0.363 e. The van der Waals surface area contributed by atoms with Crippen LogP contribution in [0.5, 0.6) is 0 Å². The van der Waals surface area contributed by atoms with Crippen LogP contribution in [0.4, 0.5) is 20.4 Å². The van der Waals surface area contributed by atoms with E-state index in [2.05, 4.69) is 30.5 Å². The van der Waals surface area contributed by atoms with Crippen molar-refractivity contribution in [3.8, 4) is 0 Å². The smallest absolute Gasteiger partial charge is 0.264 e. The van der Waals surface area contributed by atoms with Gasteiger partial charge in [0.15, 0.2) is 0 Å². The summed E-state index contributed by atoms with van der Waals surface area (Å²) in [6.45, 7) is 6.59. The summed E-state index contributed by atoms with van der Waals surface area (Å²) in [5.74, 6) is 1.86. The second-order valence-electron chi connectivity index (χ2n) is 8.11. The van der Waals surface area contributed by atoms with Crippen LogP contribution in [0.25, 0.3) is 10.9 Å². The zero-order valence-electron chi connectivity index (χ0n) is 18.3.